The first-order valence-electron chi connectivity index (χ1n) is 9.97. The zero-order chi connectivity index (χ0) is 22.8. The summed E-state index contributed by atoms with van der Waals surface area (Å²) in [5.41, 5.74) is 4.31. The molecule has 3 aromatic rings. The number of carbonyl (C=O) groups is 1. The second-order valence-corrected chi connectivity index (χ2v) is 8.09. The number of aromatic nitrogens is 5. The third kappa shape index (κ3) is 4.00. The Morgan fingerprint density at radius 2 is 2.03 bits per heavy atom. The Hall–Kier alpha value is -3.54. The summed E-state index contributed by atoms with van der Waals surface area (Å²) < 4.78 is 14.6. The van der Waals surface area contributed by atoms with Gasteiger partial charge in [0.1, 0.15) is 18.0 Å². The monoisotopic (exact) mass is 458 g/mol. The number of nitrogens with one attached hydrogen (secondary N) is 1. The van der Waals surface area contributed by atoms with E-state index in [-0.39, 0.29) is 23.7 Å². The molecule has 4 rings (SSSR count). The van der Waals surface area contributed by atoms with Gasteiger partial charge in [0.05, 0.1) is 5.75 Å². The van der Waals surface area contributed by atoms with Crippen molar-refractivity contribution in [2.24, 2.45) is 7.05 Å². The van der Waals surface area contributed by atoms with E-state index in [1.807, 2.05) is 31.2 Å². The lowest BCUT2D eigenvalue weighted by molar-refractivity contribution is 0.0825. The number of benzene rings is 1. The molecular weight excluding hydrogens is 436 g/mol. The van der Waals surface area contributed by atoms with Gasteiger partial charge in [-0.1, -0.05) is 30.8 Å². The number of nitrogens with zero attached hydrogens (tertiary/aromatic N) is 4. The minimum atomic E-state index is -0.796. The molecule has 1 atom stereocenters. The lowest BCUT2D eigenvalue weighted by atomic mass is 10.2. The maximum atomic E-state index is 12.7. The first kappa shape index (κ1) is 21.7. The number of ether oxygens (including phenoxy) is 2. The molecule has 0 radical (unpaired) electrons. The van der Waals surface area contributed by atoms with Crippen LogP contribution in [0, 0.1) is 0 Å². The Bertz CT molecular complexity index is 1280. The van der Waals surface area contributed by atoms with Crippen molar-refractivity contribution in [1.29, 1.82) is 0 Å². The van der Waals surface area contributed by atoms with Crippen LogP contribution in [0.3, 0.4) is 0 Å². The van der Waals surface area contributed by atoms with Crippen molar-refractivity contribution in [1.82, 2.24) is 24.3 Å². The number of nitrogens with two attached hydrogens (primary N) is 1. The van der Waals surface area contributed by atoms with E-state index in [2.05, 4.69) is 15.2 Å². The number of aromatic amines is 1. The van der Waals surface area contributed by atoms with E-state index < -0.39 is 23.1 Å². The van der Waals surface area contributed by atoms with E-state index in [0.717, 1.165) is 11.8 Å². The zero-order valence-electron chi connectivity index (χ0n) is 17.5. The second kappa shape index (κ2) is 8.91. The number of thioether (sulfide) groups is 1. The normalized spacial score (nSPS) is 15.0. The van der Waals surface area contributed by atoms with Crippen molar-refractivity contribution >= 4 is 23.4 Å². The van der Waals surface area contributed by atoms with Gasteiger partial charge in [-0.3, -0.25) is 19.1 Å². The van der Waals surface area contributed by atoms with E-state index >= 15 is 0 Å². The summed E-state index contributed by atoms with van der Waals surface area (Å²) in [6, 6.07) is 7.35. The Morgan fingerprint density at radius 1 is 1.28 bits per heavy atom. The smallest absolute Gasteiger partial charge is 0.329 e. The number of nitrogen functional groups attached to an aromatic ring is 1. The third-order valence-corrected chi connectivity index (χ3v) is 5.98. The van der Waals surface area contributed by atoms with Gasteiger partial charge in [-0.25, -0.2) is 4.79 Å². The quantitative estimate of drug-likeness (QED) is 0.393. The highest BCUT2D eigenvalue weighted by Crippen LogP contribution is 2.35. The number of carbonyl (C=O) groups excluding carboxylic acids is 1. The number of anilines is 1. The van der Waals surface area contributed by atoms with Crippen molar-refractivity contribution in [3.05, 3.63) is 56.5 Å². The first-order valence-corrected chi connectivity index (χ1v) is 11.0. The third-order valence-electron chi connectivity index (χ3n) is 4.96. The van der Waals surface area contributed by atoms with Crippen LogP contribution in [0.2, 0.25) is 0 Å². The van der Waals surface area contributed by atoms with Crippen molar-refractivity contribution < 1.29 is 14.3 Å². The summed E-state index contributed by atoms with van der Waals surface area (Å²) in [4.78, 5) is 39.1. The predicted molar refractivity (Wildman–Crippen MR) is 117 cm³/mol. The van der Waals surface area contributed by atoms with Crippen LogP contribution in [-0.2, 0) is 13.6 Å². The fraction of sp³-hybridized carbons (Fsp3) is 0.350. The summed E-state index contributed by atoms with van der Waals surface area (Å²) >= 11 is 1.11. The molecule has 3 N–H and O–H groups in total. The lowest BCUT2D eigenvalue weighted by Gasteiger charge is -2.25. The van der Waals surface area contributed by atoms with Crippen LogP contribution < -0.4 is 26.5 Å². The van der Waals surface area contributed by atoms with Crippen LogP contribution in [0.15, 0.2) is 39.0 Å². The molecule has 0 amide bonds. The first-order chi connectivity index (χ1) is 15.4. The summed E-state index contributed by atoms with van der Waals surface area (Å²) in [7, 11) is 1.76. The number of hydrogen-bond acceptors (Lipinski definition) is 9. The second-order valence-electron chi connectivity index (χ2n) is 7.15. The molecule has 11 nitrogen and oxygen atoms in total. The molecule has 168 valence electrons. The van der Waals surface area contributed by atoms with Crippen molar-refractivity contribution in [3.63, 3.8) is 0 Å². The molecule has 1 aliphatic heterocycles. The van der Waals surface area contributed by atoms with E-state index in [9.17, 15) is 14.4 Å². The molecular formula is C20H22N6O5S. The van der Waals surface area contributed by atoms with Gasteiger partial charge in [0.15, 0.2) is 34.4 Å². The van der Waals surface area contributed by atoms with Gasteiger partial charge in [0.25, 0.3) is 5.56 Å². The van der Waals surface area contributed by atoms with E-state index in [4.69, 9.17) is 15.2 Å². The van der Waals surface area contributed by atoms with Crippen molar-refractivity contribution in [2.45, 2.75) is 31.1 Å². The summed E-state index contributed by atoms with van der Waals surface area (Å²) in [5, 5.41) is 8.79. The molecule has 0 spiro atoms. The van der Waals surface area contributed by atoms with Crippen molar-refractivity contribution in [2.75, 3.05) is 18.1 Å². The van der Waals surface area contributed by atoms with Crippen LogP contribution in [0.1, 0.15) is 35.6 Å². The van der Waals surface area contributed by atoms with Crippen LogP contribution in [0.25, 0.3) is 0 Å². The standard InChI is InChI=1S/C20H22N6O5S/c1-3-8-26-16(21)15(18(28)22-19(26)29)11(27)10-32-20-24-23-17(25(20)2)14-9-30-12-6-4-5-7-13(12)31-14/h4-7,14H,3,8-10,21H2,1-2H3,(H,22,28,29)/t14-/m1/s1. The Morgan fingerprint density at radius 3 is 2.78 bits per heavy atom. The molecule has 2 aromatic heterocycles. The highest BCUT2D eigenvalue weighted by atomic mass is 32.2. The number of Topliss-reactive ketones (excluding diaryl/α,β-unsaturated/α-hetero) is 1. The summed E-state index contributed by atoms with van der Waals surface area (Å²) in [6.07, 6.45) is 0.168. The molecule has 1 aromatic carbocycles. The largest absolute Gasteiger partial charge is 0.485 e. The maximum absolute atomic E-state index is 12.7. The number of rotatable bonds is 7. The Kier molecular flexibility index (Phi) is 6.04. The van der Waals surface area contributed by atoms with Crippen LogP contribution in [0.5, 0.6) is 11.5 Å². The van der Waals surface area contributed by atoms with Gasteiger partial charge in [-0.2, -0.15) is 0 Å². The molecule has 0 fully saturated rings. The van der Waals surface area contributed by atoms with Crippen LogP contribution in [-0.4, -0.2) is 42.5 Å². The molecule has 3 heterocycles. The van der Waals surface area contributed by atoms with E-state index in [1.54, 1.807) is 11.6 Å². The van der Waals surface area contributed by atoms with Gasteiger partial charge in [-0.15, -0.1) is 10.2 Å². The fourth-order valence-corrected chi connectivity index (χ4v) is 4.17. The SMILES string of the molecule is CCCn1c(N)c(C(=O)CSc2nnc([C@H]3COc4ccccc4O3)n2C)c(=O)[nH]c1=O. The molecule has 0 saturated heterocycles. The van der Waals surface area contributed by atoms with Crippen molar-refractivity contribution in [3.8, 4) is 11.5 Å². The number of H-pyrrole nitrogens is 1. The average molecular weight is 459 g/mol. The van der Waals surface area contributed by atoms with Gasteiger partial charge >= 0.3 is 5.69 Å². The summed E-state index contributed by atoms with van der Waals surface area (Å²) in [6.45, 7) is 2.44. The van der Waals surface area contributed by atoms with Crippen LogP contribution >= 0.6 is 11.8 Å². The number of ketones is 1. The van der Waals surface area contributed by atoms with E-state index in [0.29, 0.717) is 35.4 Å². The van der Waals surface area contributed by atoms with Gasteiger partial charge in [-0.05, 0) is 18.6 Å². The molecule has 1 aliphatic rings. The highest BCUT2D eigenvalue weighted by molar-refractivity contribution is 7.99. The molecule has 0 unspecified atom stereocenters. The fourth-order valence-electron chi connectivity index (χ4n) is 3.38. The highest BCUT2D eigenvalue weighted by Gasteiger charge is 2.28. The molecule has 0 aliphatic carbocycles. The number of fused-ring (bicyclic) bond motifs is 1. The summed E-state index contributed by atoms with van der Waals surface area (Å²) in [5.74, 6) is 1.09. The molecule has 32 heavy (non-hydrogen) atoms. The van der Waals surface area contributed by atoms with Crippen LogP contribution in [0.4, 0.5) is 5.82 Å². The maximum Gasteiger partial charge on any atom is 0.329 e. The lowest BCUT2D eigenvalue weighted by Crippen LogP contribution is -2.36. The minimum Gasteiger partial charge on any atom is -0.485 e. The van der Waals surface area contributed by atoms with Gasteiger partial charge in [0.2, 0.25) is 0 Å². The number of hydrogen-bond donors (Lipinski definition) is 2. The Balaban J connectivity index is 1.50. The zero-order valence-corrected chi connectivity index (χ0v) is 18.3. The van der Waals surface area contributed by atoms with Gasteiger partial charge < -0.3 is 19.8 Å². The topological polar surface area (TPSA) is 147 Å². The van der Waals surface area contributed by atoms with Gasteiger partial charge in [0, 0.05) is 13.6 Å². The Labute approximate surface area is 186 Å². The molecule has 12 heteroatoms. The molecule has 0 bridgehead atoms. The predicted octanol–water partition coefficient (Wildman–Crippen LogP) is 1.14. The average Bonchev–Trinajstić information content (AvgIpc) is 3.15. The number of para-hydroxylation sites is 2. The van der Waals surface area contributed by atoms with E-state index in [1.165, 1.54) is 4.57 Å². The minimum absolute atomic E-state index is 0.103. The molecule has 0 saturated carbocycles.